The van der Waals surface area contributed by atoms with Crippen LogP contribution in [0.4, 0.5) is 0 Å². The van der Waals surface area contributed by atoms with Crippen molar-refractivity contribution in [3.63, 3.8) is 0 Å². The van der Waals surface area contributed by atoms with Crippen LogP contribution in [-0.2, 0) is 0 Å². The Morgan fingerprint density at radius 1 is 1.21 bits per heavy atom. The average Bonchev–Trinajstić information content (AvgIpc) is 2.98. The van der Waals surface area contributed by atoms with Crippen molar-refractivity contribution < 1.29 is 14.3 Å². The van der Waals surface area contributed by atoms with E-state index in [0.717, 1.165) is 11.5 Å². The van der Waals surface area contributed by atoms with E-state index in [1.54, 1.807) is 25.4 Å². The lowest BCUT2D eigenvalue weighted by molar-refractivity contribution is 0.0942. The van der Waals surface area contributed by atoms with Crippen molar-refractivity contribution in [2.75, 3.05) is 20.3 Å². The van der Waals surface area contributed by atoms with Crippen LogP contribution in [0, 0.1) is 0 Å². The molecular weight excluding hydrogens is 244 g/mol. The Kier molecular flexibility index (Phi) is 4.44. The van der Waals surface area contributed by atoms with Crippen molar-refractivity contribution in [3.05, 3.63) is 48.3 Å². The number of hydrogen-bond acceptors (Lipinski definition) is 3. The molecule has 2 rings (SSSR count). The van der Waals surface area contributed by atoms with Gasteiger partial charge in [0.2, 0.25) is 0 Å². The van der Waals surface area contributed by atoms with Crippen LogP contribution < -0.4 is 14.8 Å². The van der Waals surface area contributed by atoms with E-state index in [1.165, 1.54) is 0 Å². The van der Waals surface area contributed by atoms with E-state index in [0.29, 0.717) is 18.8 Å². The molecule has 0 saturated heterocycles. The van der Waals surface area contributed by atoms with Gasteiger partial charge in [-0.1, -0.05) is 0 Å². The third kappa shape index (κ3) is 3.77. The Morgan fingerprint density at radius 3 is 2.58 bits per heavy atom. The fourth-order valence-corrected chi connectivity index (χ4v) is 1.57. The monoisotopic (exact) mass is 260 g/mol. The third-order valence-corrected chi connectivity index (χ3v) is 2.56. The first-order chi connectivity index (χ1) is 9.29. The number of ether oxygens (including phenoxy) is 2. The summed E-state index contributed by atoms with van der Waals surface area (Å²) in [5, 5.41) is 2.76. The number of aromatic amines is 1. The van der Waals surface area contributed by atoms with Crippen LogP contribution in [0.5, 0.6) is 11.5 Å². The molecule has 0 bridgehead atoms. The Balaban J connectivity index is 1.70. The fourth-order valence-electron chi connectivity index (χ4n) is 1.57. The highest BCUT2D eigenvalue weighted by Crippen LogP contribution is 2.16. The summed E-state index contributed by atoms with van der Waals surface area (Å²) in [7, 11) is 1.62. The Bertz CT molecular complexity index is 506. The van der Waals surface area contributed by atoms with Gasteiger partial charge < -0.3 is 19.8 Å². The van der Waals surface area contributed by atoms with E-state index in [-0.39, 0.29) is 5.91 Å². The first-order valence-corrected chi connectivity index (χ1v) is 5.98. The van der Waals surface area contributed by atoms with Gasteiger partial charge in [-0.05, 0) is 36.4 Å². The molecule has 5 nitrogen and oxygen atoms in total. The largest absolute Gasteiger partial charge is 0.497 e. The van der Waals surface area contributed by atoms with Gasteiger partial charge in [0.1, 0.15) is 23.8 Å². The first-order valence-electron chi connectivity index (χ1n) is 5.98. The number of H-pyrrole nitrogens is 1. The van der Waals surface area contributed by atoms with Gasteiger partial charge >= 0.3 is 0 Å². The van der Waals surface area contributed by atoms with Crippen molar-refractivity contribution >= 4 is 5.91 Å². The predicted octanol–water partition coefficient (Wildman–Crippen LogP) is 1.83. The Labute approximate surface area is 111 Å². The van der Waals surface area contributed by atoms with Gasteiger partial charge in [-0.2, -0.15) is 0 Å². The molecule has 0 saturated carbocycles. The maximum Gasteiger partial charge on any atom is 0.267 e. The highest BCUT2D eigenvalue weighted by Gasteiger charge is 2.04. The topological polar surface area (TPSA) is 63.4 Å². The highest BCUT2D eigenvalue weighted by atomic mass is 16.5. The van der Waals surface area contributed by atoms with Crippen molar-refractivity contribution in [2.45, 2.75) is 0 Å². The molecule has 2 aromatic rings. The Hall–Kier alpha value is -2.43. The second-order valence-electron chi connectivity index (χ2n) is 3.86. The van der Waals surface area contributed by atoms with Crippen LogP contribution in [0.2, 0.25) is 0 Å². The molecular formula is C14H16N2O3. The first kappa shape index (κ1) is 13.0. The van der Waals surface area contributed by atoms with Crippen molar-refractivity contribution in [1.29, 1.82) is 0 Å². The number of rotatable bonds is 6. The van der Waals surface area contributed by atoms with Crippen LogP contribution in [-0.4, -0.2) is 31.2 Å². The molecule has 0 aliphatic heterocycles. The lowest BCUT2D eigenvalue weighted by atomic mass is 10.3. The highest BCUT2D eigenvalue weighted by molar-refractivity contribution is 5.92. The molecule has 0 unspecified atom stereocenters. The fraction of sp³-hybridized carbons (Fsp3) is 0.214. The molecule has 19 heavy (non-hydrogen) atoms. The van der Waals surface area contributed by atoms with Gasteiger partial charge in [0.15, 0.2) is 0 Å². The summed E-state index contributed by atoms with van der Waals surface area (Å²) in [4.78, 5) is 14.4. The van der Waals surface area contributed by atoms with Gasteiger partial charge in [0.05, 0.1) is 13.7 Å². The zero-order valence-electron chi connectivity index (χ0n) is 10.7. The van der Waals surface area contributed by atoms with E-state index in [4.69, 9.17) is 9.47 Å². The number of methoxy groups -OCH3 is 1. The number of hydrogen-bond donors (Lipinski definition) is 2. The van der Waals surface area contributed by atoms with Crippen LogP contribution in [0.3, 0.4) is 0 Å². The van der Waals surface area contributed by atoms with Gasteiger partial charge in [0.25, 0.3) is 5.91 Å². The van der Waals surface area contributed by atoms with Gasteiger partial charge in [-0.15, -0.1) is 0 Å². The summed E-state index contributed by atoms with van der Waals surface area (Å²) in [6.07, 6.45) is 1.71. The zero-order valence-corrected chi connectivity index (χ0v) is 10.7. The number of amides is 1. The molecule has 0 radical (unpaired) electrons. The molecule has 0 aliphatic rings. The van der Waals surface area contributed by atoms with Crippen LogP contribution in [0.25, 0.3) is 0 Å². The minimum Gasteiger partial charge on any atom is -0.497 e. The zero-order chi connectivity index (χ0) is 13.5. The van der Waals surface area contributed by atoms with Gasteiger partial charge in [-0.3, -0.25) is 4.79 Å². The second kappa shape index (κ2) is 6.49. The molecule has 1 amide bonds. The molecule has 5 heteroatoms. The molecule has 1 aromatic heterocycles. The lowest BCUT2D eigenvalue weighted by Gasteiger charge is -2.07. The summed E-state index contributed by atoms with van der Waals surface area (Å²) in [6, 6.07) is 10.8. The second-order valence-corrected chi connectivity index (χ2v) is 3.86. The summed E-state index contributed by atoms with van der Waals surface area (Å²) < 4.78 is 10.5. The molecule has 1 aromatic carbocycles. The van der Waals surface area contributed by atoms with E-state index in [9.17, 15) is 4.79 Å². The maximum atomic E-state index is 11.6. The van der Waals surface area contributed by atoms with E-state index in [1.807, 2.05) is 24.3 Å². The summed E-state index contributed by atoms with van der Waals surface area (Å²) in [5.74, 6) is 1.39. The molecule has 0 spiro atoms. The molecule has 100 valence electrons. The number of carbonyl (C=O) groups excluding carboxylic acids is 1. The minimum absolute atomic E-state index is 0.136. The standard InChI is InChI=1S/C14H16N2O3/c1-18-11-4-6-12(7-5-11)19-10-9-16-14(17)13-3-2-8-15-13/h2-8,15H,9-10H2,1H3,(H,16,17). The third-order valence-electron chi connectivity index (χ3n) is 2.56. The summed E-state index contributed by atoms with van der Waals surface area (Å²) in [5.41, 5.74) is 0.546. The molecule has 0 fully saturated rings. The van der Waals surface area contributed by atoms with Gasteiger partial charge in [0, 0.05) is 6.20 Å². The number of carbonyl (C=O) groups is 1. The number of aromatic nitrogens is 1. The van der Waals surface area contributed by atoms with Crippen LogP contribution >= 0.6 is 0 Å². The average molecular weight is 260 g/mol. The predicted molar refractivity (Wildman–Crippen MR) is 71.6 cm³/mol. The molecule has 2 N–H and O–H groups in total. The van der Waals surface area contributed by atoms with Gasteiger partial charge in [-0.25, -0.2) is 0 Å². The smallest absolute Gasteiger partial charge is 0.267 e. The molecule has 1 heterocycles. The summed E-state index contributed by atoms with van der Waals surface area (Å²) >= 11 is 0. The van der Waals surface area contributed by atoms with E-state index in [2.05, 4.69) is 10.3 Å². The maximum absolute atomic E-state index is 11.6. The lowest BCUT2D eigenvalue weighted by Crippen LogP contribution is -2.28. The number of benzene rings is 1. The van der Waals surface area contributed by atoms with Crippen LogP contribution in [0.15, 0.2) is 42.6 Å². The summed E-state index contributed by atoms with van der Waals surface area (Å²) in [6.45, 7) is 0.864. The number of nitrogens with one attached hydrogen (secondary N) is 2. The SMILES string of the molecule is COc1ccc(OCCNC(=O)c2ccc[nH]2)cc1. The van der Waals surface area contributed by atoms with Crippen molar-refractivity contribution in [2.24, 2.45) is 0 Å². The quantitative estimate of drug-likeness (QED) is 0.779. The Morgan fingerprint density at radius 2 is 1.95 bits per heavy atom. The van der Waals surface area contributed by atoms with Crippen LogP contribution in [0.1, 0.15) is 10.5 Å². The normalized spacial score (nSPS) is 9.95. The molecule has 0 aliphatic carbocycles. The van der Waals surface area contributed by atoms with E-state index >= 15 is 0 Å². The van der Waals surface area contributed by atoms with E-state index < -0.39 is 0 Å². The van der Waals surface area contributed by atoms with Crippen molar-refractivity contribution in [3.8, 4) is 11.5 Å². The molecule has 0 atom stereocenters. The minimum atomic E-state index is -0.136. The van der Waals surface area contributed by atoms with Crippen molar-refractivity contribution in [1.82, 2.24) is 10.3 Å².